The highest BCUT2D eigenvalue weighted by atomic mass is 16.3. The summed E-state index contributed by atoms with van der Waals surface area (Å²) in [7, 11) is 0. The summed E-state index contributed by atoms with van der Waals surface area (Å²) >= 11 is 0. The fourth-order valence-electron chi connectivity index (χ4n) is 1.20. The molecule has 0 bridgehead atoms. The first-order valence-electron chi connectivity index (χ1n) is 3.50. The topological polar surface area (TPSA) is 40.5 Å². The maximum absolute atomic E-state index is 9.01. The van der Waals surface area contributed by atoms with Crippen LogP contribution in [0.25, 0.3) is 0 Å². The highest BCUT2D eigenvalue weighted by molar-refractivity contribution is 4.73. The van der Waals surface area contributed by atoms with Gasteiger partial charge in [-0.2, -0.15) is 0 Å². The summed E-state index contributed by atoms with van der Waals surface area (Å²) in [5.41, 5.74) is 0. The first kappa shape index (κ1) is 4.77. The molecule has 0 unspecified atom stereocenters. The summed E-state index contributed by atoms with van der Waals surface area (Å²) in [4.78, 5) is 0. The van der Waals surface area contributed by atoms with E-state index in [-0.39, 0.29) is 6.10 Å². The Hall–Kier alpha value is -0.0800. The summed E-state index contributed by atoms with van der Waals surface area (Å²) in [5.74, 6) is 0.428. The van der Waals surface area contributed by atoms with E-state index in [1.165, 1.54) is 0 Å². The van der Waals surface area contributed by atoms with Crippen LogP contribution in [0, 0.1) is 5.92 Å². The van der Waals surface area contributed by atoms with Crippen molar-refractivity contribution >= 4 is 0 Å². The minimum Gasteiger partial charge on any atom is -0.396 e. The van der Waals surface area contributed by atoms with Crippen molar-refractivity contribution in [1.29, 1.82) is 1.43 Å². The number of aliphatic hydroxyl groups excluding tert-OH is 2. The summed E-state index contributed by atoms with van der Waals surface area (Å²) < 4.78 is 6.45. The predicted molar refractivity (Wildman–Crippen MR) is 30.4 cm³/mol. The second-order valence-corrected chi connectivity index (χ2v) is 2.50. The van der Waals surface area contributed by atoms with Crippen LogP contribution in [0.3, 0.4) is 0 Å². The molecule has 1 aliphatic rings. The third kappa shape index (κ3) is 1.20. The zero-order chi connectivity index (χ0) is 6.69. The van der Waals surface area contributed by atoms with Crippen molar-refractivity contribution in [2.24, 2.45) is 5.92 Å². The summed E-state index contributed by atoms with van der Waals surface area (Å²) in [5, 5.41) is 13.2. The van der Waals surface area contributed by atoms with Gasteiger partial charge in [-0.1, -0.05) is 0 Å². The molecule has 0 saturated heterocycles. The minimum atomic E-state index is -0.134. The average Bonchev–Trinajstić information content (AvgIpc) is 2.17. The van der Waals surface area contributed by atoms with Gasteiger partial charge in [0.15, 0.2) is 0 Å². The van der Waals surface area contributed by atoms with Gasteiger partial charge < -0.3 is 10.2 Å². The molecule has 0 heterocycles. The Morgan fingerprint density at radius 3 is 3.00 bits per heavy atom. The lowest BCUT2D eigenvalue weighted by Crippen LogP contribution is -2.03. The van der Waals surface area contributed by atoms with Crippen LogP contribution in [0.2, 0.25) is 0 Å². The molecule has 0 radical (unpaired) electrons. The van der Waals surface area contributed by atoms with Gasteiger partial charge in [-0.3, -0.25) is 0 Å². The van der Waals surface area contributed by atoms with E-state index < -0.39 is 0 Å². The fourth-order valence-corrected chi connectivity index (χ4v) is 1.20. The van der Waals surface area contributed by atoms with Crippen LogP contribution in [-0.4, -0.2) is 24.4 Å². The molecule has 0 aromatic heterocycles. The van der Waals surface area contributed by atoms with Gasteiger partial charge in [0.2, 0.25) is 1.43 Å². The smallest absolute Gasteiger partial charge is 0.210 e. The van der Waals surface area contributed by atoms with Crippen molar-refractivity contribution in [2.75, 3.05) is 6.61 Å². The van der Waals surface area contributed by atoms with E-state index in [0.717, 1.165) is 19.3 Å². The van der Waals surface area contributed by atoms with Crippen molar-refractivity contribution in [1.82, 2.24) is 0 Å². The van der Waals surface area contributed by atoms with E-state index >= 15 is 0 Å². The highest BCUT2D eigenvalue weighted by Crippen LogP contribution is 2.24. The standard InChI is InChI=1S/C6H12O2/c7-4-5-1-2-6(8)3-5/h5-8H,1-4H2/t5-,6-/m0/s1/i7T. The van der Waals surface area contributed by atoms with E-state index in [1.807, 2.05) is 0 Å². The molecule has 8 heavy (non-hydrogen) atoms. The zero-order valence-electron chi connectivity index (χ0n) is 5.84. The third-order valence-electron chi connectivity index (χ3n) is 1.75. The largest absolute Gasteiger partial charge is 0.396 e. The van der Waals surface area contributed by atoms with Gasteiger partial charge in [-0.15, -0.1) is 0 Å². The molecule has 0 aromatic rings. The lowest BCUT2D eigenvalue weighted by molar-refractivity contribution is 0.163. The molecule has 1 saturated carbocycles. The van der Waals surface area contributed by atoms with Crippen molar-refractivity contribution in [2.45, 2.75) is 25.4 Å². The molecule has 1 rings (SSSR count). The first-order valence-corrected chi connectivity index (χ1v) is 3.09. The van der Waals surface area contributed by atoms with Gasteiger partial charge in [0, 0.05) is 6.61 Å². The molecule has 1 aliphatic carbocycles. The fraction of sp³-hybridized carbons (Fsp3) is 1.00. The van der Waals surface area contributed by atoms with E-state index in [4.69, 9.17) is 6.54 Å². The maximum Gasteiger partial charge on any atom is 0.210 e. The summed E-state index contributed by atoms with van der Waals surface area (Å²) in [6.07, 6.45) is 2.58. The van der Waals surface area contributed by atoms with Gasteiger partial charge in [0.1, 0.15) is 0 Å². The normalized spacial score (nSPS) is 39.9. The van der Waals surface area contributed by atoms with E-state index in [1.54, 1.807) is 0 Å². The molecule has 2 heteroatoms. The molecular weight excluding hydrogens is 104 g/mol. The van der Waals surface area contributed by atoms with Gasteiger partial charge >= 0.3 is 0 Å². The van der Waals surface area contributed by atoms with Gasteiger partial charge in [-0.25, -0.2) is 0 Å². The third-order valence-corrected chi connectivity index (χ3v) is 1.75. The zero-order valence-corrected chi connectivity index (χ0v) is 4.84. The molecule has 2 nitrogen and oxygen atoms in total. The van der Waals surface area contributed by atoms with E-state index in [0.29, 0.717) is 12.5 Å². The molecule has 0 spiro atoms. The Kier molecular flexibility index (Phi) is 1.47. The Morgan fingerprint density at radius 1 is 1.62 bits per heavy atom. The summed E-state index contributed by atoms with van der Waals surface area (Å²) in [6.45, 7) is 0.483. The Morgan fingerprint density at radius 2 is 2.50 bits per heavy atom. The van der Waals surface area contributed by atoms with Crippen LogP contribution < -0.4 is 0 Å². The van der Waals surface area contributed by atoms with E-state index in [9.17, 15) is 0 Å². The molecule has 0 aromatic carbocycles. The number of rotatable bonds is 2. The highest BCUT2D eigenvalue weighted by Gasteiger charge is 2.21. The van der Waals surface area contributed by atoms with Crippen LogP contribution >= 0.6 is 0 Å². The molecule has 2 atom stereocenters. The van der Waals surface area contributed by atoms with Crippen LogP contribution in [-0.2, 0) is 0 Å². The SMILES string of the molecule is [3H]OC[C@H]1CC[C@H](O)C1. The molecule has 0 amide bonds. The van der Waals surface area contributed by atoms with Crippen molar-refractivity contribution in [3.05, 3.63) is 0 Å². The second-order valence-electron chi connectivity index (χ2n) is 2.50. The van der Waals surface area contributed by atoms with Gasteiger partial charge in [0.25, 0.3) is 0 Å². The number of hydrogen-bond acceptors (Lipinski definition) is 2. The van der Waals surface area contributed by atoms with Crippen molar-refractivity contribution in [3.8, 4) is 0 Å². The Bertz CT molecular complexity index is 85.1. The van der Waals surface area contributed by atoms with Gasteiger partial charge in [-0.05, 0) is 25.2 Å². The van der Waals surface area contributed by atoms with Crippen LogP contribution in [0.5, 0.6) is 0 Å². The molecule has 2 N–H and O–H groups in total. The second kappa shape index (κ2) is 2.46. The Balaban J connectivity index is 2.14. The molecular formula is C6H12O2. The Labute approximate surface area is 50.6 Å². The molecule has 0 aliphatic heterocycles. The number of aliphatic hydroxyl groups is 2. The van der Waals surface area contributed by atoms with Crippen LogP contribution in [0.1, 0.15) is 19.3 Å². The quantitative estimate of drug-likeness (QED) is 0.541. The molecule has 1 fully saturated rings. The van der Waals surface area contributed by atoms with Gasteiger partial charge in [0.05, 0.1) is 6.10 Å². The minimum absolute atomic E-state index is 0.134. The number of hydrogen-bond donors (Lipinski definition) is 2. The van der Waals surface area contributed by atoms with Crippen molar-refractivity contribution in [3.63, 3.8) is 0 Å². The predicted octanol–water partition coefficient (Wildman–Crippen LogP) is 0.140. The monoisotopic (exact) mass is 118 g/mol. The molecule has 48 valence electrons. The first-order chi connectivity index (χ1) is 4.33. The lowest BCUT2D eigenvalue weighted by atomic mass is 10.1. The lowest BCUT2D eigenvalue weighted by Gasteiger charge is -2.00. The van der Waals surface area contributed by atoms with Crippen LogP contribution in [0.4, 0.5) is 0 Å². The van der Waals surface area contributed by atoms with E-state index in [2.05, 4.69) is 5.11 Å². The summed E-state index contributed by atoms with van der Waals surface area (Å²) in [6, 6.07) is 0. The van der Waals surface area contributed by atoms with Crippen LogP contribution in [0.15, 0.2) is 0 Å². The van der Waals surface area contributed by atoms with Crippen molar-refractivity contribution < 1.29 is 10.2 Å². The average molecular weight is 118 g/mol. The maximum atomic E-state index is 9.01.